The number of hydrogen-bond donors (Lipinski definition) is 0. The second-order valence-corrected chi connectivity index (χ2v) is 4.26. The fraction of sp³-hybridized carbons (Fsp3) is 0.308. The summed E-state index contributed by atoms with van der Waals surface area (Å²) in [6.07, 6.45) is 3.32. The maximum absolute atomic E-state index is 12.1. The number of alkyl halides is 1. The van der Waals surface area contributed by atoms with E-state index in [4.69, 9.17) is 16.0 Å². The summed E-state index contributed by atoms with van der Waals surface area (Å²) in [4.78, 5) is 13.6. The molecule has 0 aromatic carbocycles. The van der Waals surface area contributed by atoms with Gasteiger partial charge in [0.25, 0.3) is 5.91 Å². The van der Waals surface area contributed by atoms with Gasteiger partial charge in [0.1, 0.15) is 5.76 Å². The summed E-state index contributed by atoms with van der Waals surface area (Å²) in [5, 5.41) is -0.246. The fourth-order valence-electron chi connectivity index (χ4n) is 1.39. The van der Waals surface area contributed by atoms with Gasteiger partial charge in [0.05, 0.1) is 5.38 Å². The van der Waals surface area contributed by atoms with E-state index >= 15 is 0 Å². The molecule has 0 fully saturated rings. The fourth-order valence-corrected chi connectivity index (χ4v) is 1.51. The lowest BCUT2D eigenvalue weighted by Crippen LogP contribution is -2.30. The van der Waals surface area contributed by atoms with E-state index < -0.39 is 0 Å². The van der Waals surface area contributed by atoms with Crippen LogP contribution in [-0.2, 0) is 0 Å². The molecule has 0 spiro atoms. The Hall–Kier alpha value is -1.48. The molecule has 0 radical (unpaired) electrons. The monoisotopic (exact) mass is 253 g/mol. The quantitative estimate of drug-likeness (QED) is 0.575. The molecule has 0 saturated carbocycles. The Bertz CT molecular complexity index is 399. The zero-order valence-electron chi connectivity index (χ0n) is 9.86. The Labute approximate surface area is 106 Å². The molecule has 4 heteroatoms. The van der Waals surface area contributed by atoms with Crippen LogP contribution >= 0.6 is 11.6 Å². The Morgan fingerprint density at radius 1 is 1.47 bits per heavy atom. The highest BCUT2D eigenvalue weighted by Gasteiger charge is 2.18. The van der Waals surface area contributed by atoms with Crippen LogP contribution in [0.25, 0.3) is 0 Å². The second kappa shape index (κ2) is 6.30. The van der Waals surface area contributed by atoms with E-state index in [1.165, 1.54) is 0 Å². The smallest absolute Gasteiger partial charge is 0.290 e. The lowest BCUT2D eigenvalue weighted by atomic mass is 10.3. The third kappa shape index (κ3) is 3.49. The zero-order valence-corrected chi connectivity index (χ0v) is 10.6. The molecule has 17 heavy (non-hydrogen) atoms. The second-order valence-electron chi connectivity index (χ2n) is 3.61. The van der Waals surface area contributed by atoms with Gasteiger partial charge in [-0.15, -0.1) is 24.8 Å². The first-order valence-electron chi connectivity index (χ1n) is 5.35. The van der Waals surface area contributed by atoms with Crippen molar-refractivity contribution < 1.29 is 9.21 Å². The molecule has 0 aliphatic carbocycles. The van der Waals surface area contributed by atoms with Crippen LogP contribution in [0.3, 0.4) is 0 Å². The van der Waals surface area contributed by atoms with Crippen molar-refractivity contribution in [3.05, 3.63) is 49.0 Å². The standard InChI is InChI=1S/C13H16ClNO2/c1-4-8-15(9-5-2)13(16)12-7-6-11(17-12)10(3)14/h4-7,10H,1-2,8-9H2,3H3. The van der Waals surface area contributed by atoms with E-state index in [0.29, 0.717) is 18.8 Å². The maximum atomic E-state index is 12.1. The van der Waals surface area contributed by atoms with Gasteiger partial charge in [-0.3, -0.25) is 4.79 Å². The molecule has 0 aliphatic rings. The lowest BCUT2D eigenvalue weighted by molar-refractivity contribution is 0.0757. The molecule has 1 aromatic rings. The van der Waals surface area contributed by atoms with E-state index in [9.17, 15) is 4.79 Å². The number of carbonyl (C=O) groups is 1. The molecule has 1 amide bonds. The van der Waals surface area contributed by atoms with E-state index in [1.807, 2.05) is 0 Å². The minimum absolute atomic E-state index is 0.187. The van der Waals surface area contributed by atoms with Crippen molar-refractivity contribution in [2.45, 2.75) is 12.3 Å². The SMILES string of the molecule is C=CCN(CC=C)C(=O)c1ccc(C(C)Cl)o1. The Morgan fingerprint density at radius 3 is 2.47 bits per heavy atom. The molecule has 1 rings (SSSR count). The van der Waals surface area contributed by atoms with E-state index in [-0.39, 0.29) is 17.0 Å². The van der Waals surface area contributed by atoms with Gasteiger partial charge in [0, 0.05) is 13.1 Å². The largest absolute Gasteiger partial charge is 0.454 e. The highest BCUT2D eigenvalue weighted by molar-refractivity contribution is 6.20. The van der Waals surface area contributed by atoms with E-state index in [0.717, 1.165) is 0 Å². The van der Waals surface area contributed by atoms with E-state index in [1.54, 1.807) is 36.1 Å². The van der Waals surface area contributed by atoms with Crippen LogP contribution in [0.5, 0.6) is 0 Å². The molecule has 1 atom stereocenters. The van der Waals surface area contributed by atoms with Crippen molar-refractivity contribution in [1.29, 1.82) is 0 Å². The van der Waals surface area contributed by atoms with Gasteiger partial charge in [0.15, 0.2) is 5.76 Å². The van der Waals surface area contributed by atoms with Crippen LogP contribution in [0.1, 0.15) is 28.6 Å². The first-order chi connectivity index (χ1) is 8.10. The molecule has 0 N–H and O–H groups in total. The molecule has 3 nitrogen and oxygen atoms in total. The molecule has 0 bridgehead atoms. The van der Waals surface area contributed by atoms with Gasteiger partial charge in [-0.05, 0) is 19.1 Å². The summed E-state index contributed by atoms with van der Waals surface area (Å²) in [7, 11) is 0. The summed E-state index contributed by atoms with van der Waals surface area (Å²) in [5.74, 6) is 0.691. The number of furan rings is 1. The van der Waals surface area contributed by atoms with E-state index in [2.05, 4.69) is 13.2 Å². The highest BCUT2D eigenvalue weighted by Crippen LogP contribution is 2.22. The molecular weight excluding hydrogens is 238 g/mol. The maximum Gasteiger partial charge on any atom is 0.290 e. The Morgan fingerprint density at radius 2 is 2.06 bits per heavy atom. The van der Waals surface area contributed by atoms with Crippen molar-refractivity contribution in [3.63, 3.8) is 0 Å². The van der Waals surface area contributed by atoms with Gasteiger partial charge < -0.3 is 9.32 Å². The predicted octanol–water partition coefficient (Wildman–Crippen LogP) is 3.39. The summed E-state index contributed by atoms with van der Waals surface area (Å²) in [6.45, 7) is 9.93. The molecule has 92 valence electrons. The topological polar surface area (TPSA) is 33.5 Å². The molecular formula is C13H16ClNO2. The third-order valence-electron chi connectivity index (χ3n) is 2.22. The molecule has 0 saturated heterocycles. The average Bonchev–Trinajstić information content (AvgIpc) is 2.77. The van der Waals surface area contributed by atoms with Crippen molar-refractivity contribution in [2.24, 2.45) is 0 Å². The van der Waals surface area contributed by atoms with Crippen LogP contribution < -0.4 is 0 Å². The minimum atomic E-state index is -0.246. The number of rotatable bonds is 6. The molecule has 1 heterocycles. The highest BCUT2D eigenvalue weighted by atomic mass is 35.5. The molecule has 1 unspecified atom stereocenters. The number of hydrogen-bond acceptors (Lipinski definition) is 2. The van der Waals surface area contributed by atoms with Gasteiger partial charge in [-0.1, -0.05) is 12.2 Å². The predicted molar refractivity (Wildman–Crippen MR) is 69.3 cm³/mol. The van der Waals surface area contributed by atoms with Crippen molar-refractivity contribution in [3.8, 4) is 0 Å². The minimum Gasteiger partial charge on any atom is -0.454 e. The van der Waals surface area contributed by atoms with Crippen molar-refractivity contribution in [1.82, 2.24) is 4.90 Å². The summed E-state index contributed by atoms with van der Waals surface area (Å²) in [6, 6.07) is 3.35. The molecule has 0 aliphatic heterocycles. The Balaban J connectivity index is 2.84. The van der Waals surface area contributed by atoms with Gasteiger partial charge in [-0.2, -0.15) is 0 Å². The summed E-state index contributed by atoms with van der Waals surface area (Å²) < 4.78 is 5.39. The zero-order chi connectivity index (χ0) is 12.8. The number of nitrogens with zero attached hydrogens (tertiary/aromatic N) is 1. The third-order valence-corrected chi connectivity index (χ3v) is 2.43. The first-order valence-corrected chi connectivity index (χ1v) is 5.78. The van der Waals surface area contributed by atoms with Crippen LogP contribution in [-0.4, -0.2) is 23.9 Å². The summed E-state index contributed by atoms with van der Waals surface area (Å²) >= 11 is 5.87. The first kappa shape index (κ1) is 13.6. The van der Waals surface area contributed by atoms with Crippen LogP contribution in [0, 0.1) is 0 Å². The van der Waals surface area contributed by atoms with Gasteiger partial charge in [-0.25, -0.2) is 0 Å². The lowest BCUT2D eigenvalue weighted by Gasteiger charge is -2.17. The van der Waals surface area contributed by atoms with Crippen molar-refractivity contribution >= 4 is 17.5 Å². The van der Waals surface area contributed by atoms with Crippen molar-refractivity contribution in [2.75, 3.05) is 13.1 Å². The number of carbonyl (C=O) groups excluding carboxylic acids is 1. The number of amides is 1. The summed E-state index contributed by atoms with van der Waals surface area (Å²) in [5.41, 5.74) is 0. The van der Waals surface area contributed by atoms with Gasteiger partial charge in [0.2, 0.25) is 0 Å². The normalized spacial score (nSPS) is 11.9. The van der Waals surface area contributed by atoms with Crippen LogP contribution in [0.4, 0.5) is 0 Å². The molecule has 1 aromatic heterocycles. The average molecular weight is 254 g/mol. The number of halogens is 1. The van der Waals surface area contributed by atoms with Crippen LogP contribution in [0.15, 0.2) is 41.9 Å². The Kier molecular flexibility index (Phi) is 5.04. The van der Waals surface area contributed by atoms with Gasteiger partial charge >= 0.3 is 0 Å². The van der Waals surface area contributed by atoms with Crippen LogP contribution in [0.2, 0.25) is 0 Å².